The highest BCUT2D eigenvalue weighted by molar-refractivity contribution is 5.98. The number of carbonyl (C=O) groups excluding carboxylic acids is 2. The van der Waals surface area contributed by atoms with Gasteiger partial charge in [0.2, 0.25) is 0 Å². The number of nitrogens with zero attached hydrogens (tertiary/aromatic N) is 1. The molecular weight excluding hydrogens is 456 g/mol. The van der Waals surface area contributed by atoms with Crippen molar-refractivity contribution in [2.45, 2.75) is 83.3 Å². The normalized spacial score (nSPS) is 26.4. The van der Waals surface area contributed by atoms with Crippen LogP contribution >= 0.6 is 0 Å². The third-order valence-electron chi connectivity index (χ3n) is 6.16. The molecule has 1 amide bonds. The first-order chi connectivity index (χ1) is 16.8. The summed E-state index contributed by atoms with van der Waals surface area (Å²) in [5.41, 5.74) is -0.262. The number of pyridine rings is 1. The SMILES string of the molecule is COc1ccnc(C(=O)N[C@H]2COC[C@H](OCC(C)C)[C@@H](OC3CCCCC3)[C@H](C)OC2=O)c1O. The minimum atomic E-state index is -1.10. The van der Waals surface area contributed by atoms with Crippen LogP contribution in [0.5, 0.6) is 11.5 Å². The number of esters is 1. The molecule has 3 rings (SSSR count). The molecule has 1 aromatic heterocycles. The highest BCUT2D eigenvalue weighted by Gasteiger charge is 2.38. The van der Waals surface area contributed by atoms with Gasteiger partial charge in [-0.05, 0) is 25.7 Å². The maximum Gasteiger partial charge on any atom is 0.331 e. The predicted molar refractivity (Wildman–Crippen MR) is 126 cm³/mol. The van der Waals surface area contributed by atoms with Crippen molar-refractivity contribution in [3.05, 3.63) is 18.0 Å². The number of methoxy groups -OCH3 is 1. The topological polar surface area (TPSA) is 125 Å². The Hall–Kier alpha value is -2.43. The van der Waals surface area contributed by atoms with Crippen molar-refractivity contribution in [3.8, 4) is 11.5 Å². The number of ether oxygens (including phenoxy) is 5. The maximum absolute atomic E-state index is 13.0. The van der Waals surface area contributed by atoms with Crippen molar-refractivity contribution in [3.63, 3.8) is 0 Å². The standard InChI is InChI=1S/C25H38N2O8/c1-15(2)12-33-20-14-32-13-18(27-24(29)21-22(28)19(31-4)10-11-26-21)25(30)34-16(3)23(20)35-17-8-6-5-7-9-17/h10-11,15-18,20,23,28H,5-9,12-14H2,1-4H3,(H,27,29)/t16-,18-,20-,23-/m0/s1. The summed E-state index contributed by atoms with van der Waals surface area (Å²) in [6.07, 6.45) is 5.21. The molecule has 0 unspecified atom stereocenters. The van der Waals surface area contributed by atoms with Gasteiger partial charge in [-0.1, -0.05) is 33.1 Å². The van der Waals surface area contributed by atoms with Crippen LogP contribution in [-0.4, -0.2) is 79.4 Å². The Bertz CT molecular complexity index is 843. The maximum atomic E-state index is 13.0. The number of cyclic esters (lactones) is 1. The number of rotatable bonds is 8. The monoisotopic (exact) mass is 494 g/mol. The lowest BCUT2D eigenvalue weighted by Gasteiger charge is -2.35. The zero-order chi connectivity index (χ0) is 25.4. The Morgan fingerprint density at radius 3 is 2.69 bits per heavy atom. The Labute approximate surface area is 206 Å². The number of carbonyl (C=O) groups is 2. The number of aromatic nitrogens is 1. The molecule has 1 aromatic rings. The van der Waals surface area contributed by atoms with Gasteiger partial charge in [0.1, 0.15) is 18.3 Å². The first kappa shape index (κ1) is 27.2. The van der Waals surface area contributed by atoms with Gasteiger partial charge in [-0.2, -0.15) is 0 Å². The molecule has 2 aliphatic rings. The van der Waals surface area contributed by atoms with E-state index < -0.39 is 42.0 Å². The molecule has 10 heteroatoms. The van der Waals surface area contributed by atoms with Gasteiger partial charge in [-0.25, -0.2) is 9.78 Å². The second-order valence-electron chi connectivity index (χ2n) is 9.54. The van der Waals surface area contributed by atoms with E-state index in [-0.39, 0.29) is 30.8 Å². The Balaban J connectivity index is 1.74. The van der Waals surface area contributed by atoms with Gasteiger partial charge < -0.3 is 34.1 Å². The highest BCUT2D eigenvalue weighted by Crippen LogP contribution is 2.28. The van der Waals surface area contributed by atoms with Gasteiger partial charge >= 0.3 is 5.97 Å². The van der Waals surface area contributed by atoms with Crippen molar-refractivity contribution in [2.75, 3.05) is 26.9 Å². The summed E-state index contributed by atoms with van der Waals surface area (Å²) in [5, 5.41) is 12.8. The lowest BCUT2D eigenvalue weighted by Crippen LogP contribution is -2.48. The first-order valence-corrected chi connectivity index (χ1v) is 12.4. The molecule has 10 nitrogen and oxygen atoms in total. The third-order valence-corrected chi connectivity index (χ3v) is 6.16. The Morgan fingerprint density at radius 2 is 2.00 bits per heavy atom. The molecule has 0 radical (unpaired) electrons. The van der Waals surface area contributed by atoms with Crippen molar-refractivity contribution < 1.29 is 38.4 Å². The quantitative estimate of drug-likeness (QED) is 0.525. The number of amides is 1. The highest BCUT2D eigenvalue weighted by atomic mass is 16.6. The molecule has 2 heterocycles. The molecule has 1 saturated carbocycles. The molecule has 0 bridgehead atoms. The lowest BCUT2D eigenvalue weighted by molar-refractivity contribution is -0.180. The molecule has 2 N–H and O–H groups in total. The van der Waals surface area contributed by atoms with Gasteiger partial charge in [0.15, 0.2) is 23.2 Å². The molecule has 0 spiro atoms. The molecule has 1 aliphatic heterocycles. The molecular formula is C25H38N2O8. The number of hydrogen-bond acceptors (Lipinski definition) is 9. The van der Waals surface area contributed by atoms with Crippen molar-refractivity contribution >= 4 is 11.9 Å². The van der Waals surface area contributed by atoms with Crippen LogP contribution in [0.4, 0.5) is 0 Å². The number of aromatic hydroxyl groups is 1. The zero-order valence-electron chi connectivity index (χ0n) is 21.0. The van der Waals surface area contributed by atoms with E-state index in [1.54, 1.807) is 6.92 Å². The number of nitrogens with one attached hydrogen (secondary N) is 1. The van der Waals surface area contributed by atoms with Crippen molar-refractivity contribution in [2.24, 2.45) is 5.92 Å². The van der Waals surface area contributed by atoms with Gasteiger partial charge in [-0.3, -0.25) is 4.79 Å². The molecule has 196 valence electrons. The summed E-state index contributed by atoms with van der Waals surface area (Å²) in [6.45, 7) is 6.46. The molecule has 2 fully saturated rings. The average molecular weight is 495 g/mol. The summed E-state index contributed by atoms with van der Waals surface area (Å²) in [4.78, 5) is 29.7. The van der Waals surface area contributed by atoms with Crippen molar-refractivity contribution in [1.29, 1.82) is 0 Å². The van der Waals surface area contributed by atoms with E-state index in [4.69, 9.17) is 23.7 Å². The minimum Gasteiger partial charge on any atom is -0.503 e. The fraction of sp³-hybridized carbons (Fsp3) is 0.720. The van der Waals surface area contributed by atoms with Crippen LogP contribution in [0.15, 0.2) is 12.3 Å². The van der Waals surface area contributed by atoms with Crippen LogP contribution in [0.25, 0.3) is 0 Å². The van der Waals surface area contributed by atoms with E-state index in [2.05, 4.69) is 24.1 Å². The van der Waals surface area contributed by atoms with E-state index >= 15 is 0 Å². The largest absolute Gasteiger partial charge is 0.503 e. The second kappa shape index (κ2) is 13.0. The van der Waals surface area contributed by atoms with Crippen LogP contribution < -0.4 is 10.1 Å². The summed E-state index contributed by atoms with van der Waals surface area (Å²) in [5.74, 6) is -1.41. The van der Waals surface area contributed by atoms with Crippen LogP contribution in [0.3, 0.4) is 0 Å². The van der Waals surface area contributed by atoms with Crippen LogP contribution in [0.2, 0.25) is 0 Å². The van der Waals surface area contributed by atoms with Crippen LogP contribution in [0, 0.1) is 5.92 Å². The van der Waals surface area contributed by atoms with Crippen LogP contribution in [-0.2, 0) is 23.7 Å². The Kier molecular flexibility index (Phi) is 10.1. The summed E-state index contributed by atoms with van der Waals surface area (Å²) in [6, 6.07) is 0.325. The Morgan fingerprint density at radius 1 is 1.26 bits per heavy atom. The van der Waals surface area contributed by atoms with E-state index in [1.807, 2.05) is 0 Å². The van der Waals surface area contributed by atoms with Gasteiger partial charge in [0, 0.05) is 18.9 Å². The fourth-order valence-corrected chi connectivity index (χ4v) is 4.27. The summed E-state index contributed by atoms with van der Waals surface area (Å²) in [7, 11) is 1.37. The van der Waals surface area contributed by atoms with Crippen molar-refractivity contribution in [1.82, 2.24) is 10.3 Å². The second-order valence-corrected chi connectivity index (χ2v) is 9.54. The smallest absolute Gasteiger partial charge is 0.331 e. The van der Waals surface area contributed by atoms with Gasteiger partial charge in [-0.15, -0.1) is 0 Å². The predicted octanol–water partition coefficient (Wildman–Crippen LogP) is 2.62. The van der Waals surface area contributed by atoms with Gasteiger partial charge in [0.25, 0.3) is 5.91 Å². The molecule has 4 atom stereocenters. The molecule has 35 heavy (non-hydrogen) atoms. The fourth-order valence-electron chi connectivity index (χ4n) is 4.27. The summed E-state index contributed by atoms with van der Waals surface area (Å²) >= 11 is 0. The molecule has 1 saturated heterocycles. The van der Waals surface area contributed by atoms with Gasteiger partial charge in [0.05, 0.1) is 26.4 Å². The zero-order valence-corrected chi connectivity index (χ0v) is 21.0. The lowest BCUT2D eigenvalue weighted by atomic mass is 9.97. The first-order valence-electron chi connectivity index (χ1n) is 12.4. The average Bonchev–Trinajstić information content (AvgIpc) is 2.88. The minimum absolute atomic E-state index is 0.0819. The summed E-state index contributed by atoms with van der Waals surface area (Å²) < 4.78 is 29.2. The van der Waals surface area contributed by atoms with E-state index in [0.29, 0.717) is 12.5 Å². The third kappa shape index (κ3) is 7.52. The van der Waals surface area contributed by atoms with E-state index in [9.17, 15) is 14.7 Å². The molecule has 0 aromatic carbocycles. The molecule has 1 aliphatic carbocycles. The van der Waals surface area contributed by atoms with E-state index in [1.165, 1.54) is 25.8 Å². The van der Waals surface area contributed by atoms with Crippen LogP contribution in [0.1, 0.15) is 63.4 Å². The van der Waals surface area contributed by atoms with E-state index in [0.717, 1.165) is 25.7 Å². The number of hydrogen-bond donors (Lipinski definition) is 2.